The number of hydrogen-bond donors (Lipinski definition) is 1. The Morgan fingerprint density at radius 2 is 2.35 bits per heavy atom. The molecule has 90 valence electrons. The minimum atomic E-state index is -0.378. The van der Waals surface area contributed by atoms with E-state index < -0.39 is 0 Å². The van der Waals surface area contributed by atoms with E-state index in [0.29, 0.717) is 5.82 Å². The number of aliphatic hydroxyl groups is 1. The van der Waals surface area contributed by atoms with Crippen molar-refractivity contribution in [3.63, 3.8) is 0 Å². The molecular weight excluding hydrogens is 228 g/mol. The van der Waals surface area contributed by atoms with Crippen LogP contribution in [-0.4, -0.2) is 15.2 Å². The van der Waals surface area contributed by atoms with Crippen molar-refractivity contribution in [2.75, 3.05) is 0 Å². The monoisotopic (exact) mass is 238 g/mol. The fourth-order valence-electron chi connectivity index (χ4n) is 1.16. The number of nitrogens with zero attached hydrogens (tertiary/aromatic N) is 2. The first kappa shape index (κ1) is 11.3. The summed E-state index contributed by atoms with van der Waals surface area (Å²) in [6.07, 6.45) is 1.14. The standard InChI is InChI=1S/C10H10N2O5/c1-6-11-10(17-12-6)5-16-9-4-15-7(3-13)2-8(9)14/h2,4,13H,3,5H2,1H3. The highest BCUT2D eigenvalue weighted by molar-refractivity contribution is 5.17. The first-order valence-electron chi connectivity index (χ1n) is 4.83. The van der Waals surface area contributed by atoms with Gasteiger partial charge in [-0.2, -0.15) is 4.98 Å². The van der Waals surface area contributed by atoms with Crippen LogP contribution < -0.4 is 10.2 Å². The number of ether oxygens (including phenoxy) is 1. The predicted octanol–water partition coefficient (Wildman–Crippen LogP) is 0.403. The van der Waals surface area contributed by atoms with Crippen LogP contribution >= 0.6 is 0 Å². The van der Waals surface area contributed by atoms with Crippen molar-refractivity contribution < 1.29 is 18.8 Å². The van der Waals surface area contributed by atoms with E-state index >= 15 is 0 Å². The highest BCUT2D eigenvalue weighted by Crippen LogP contribution is 2.08. The molecular formula is C10H10N2O5. The quantitative estimate of drug-likeness (QED) is 0.823. The van der Waals surface area contributed by atoms with Crippen LogP contribution in [0.5, 0.6) is 5.75 Å². The van der Waals surface area contributed by atoms with Gasteiger partial charge in [-0.15, -0.1) is 0 Å². The second-order valence-corrected chi connectivity index (χ2v) is 3.26. The molecule has 0 saturated heterocycles. The second kappa shape index (κ2) is 4.79. The first-order chi connectivity index (χ1) is 8.19. The van der Waals surface area contributed by atoms with Gasteiger partial charge in [-0.3, -0.25) is 4.79 Å². The lowest BCUT2D eigenvalue weighted by molar-refractivity contribution is 0.222. The van der Waals surface area contributed by atoms with Gasteiger partial charge in [0.05, 0.1) is 0 Å². The number of aliphatic hydroxyl groups excluding tert-OH is 1. The Labute approximate surface area is 95.6 Å². The molecule has 2 rings (SSSR count). The fraction of sp³-hybridized carbons (Fsp3) is 0.300. The predicted molar refractivity (Wildman–Crippen MR) is 54.3 cm³/mol. The number of aromatic nitrogens is 2. The summed E-state index contributed by atoms with van der Waals surface area (Å²) in [7, 11) is 0. The van der Waals surface area contributed by atoms with Crippen molar-refractivity contribution in [3.8, 4) is 5.75 Å². The zero-order valence-electron chi connectivity index (χ0n) is 9.04. The van der Waals surface area contributed by atoms with Crippen molar-refractivity contribution in [2.45, 2.75) is 20.1 Å². The van der Waals surface area contributed by atoms with Crippen LogP contribution in [-0.2, 0) is 13.2 Å². The normalized spacial score (nSPS) is 10.5. The van der Waals surface area contributed by atoms with Crippen LogP contribution in [0, 0.1) is 6.92 Å². The Hall–Kier alpha value is -2.15. The average molecular weight is 238 g/mol. The van der Waals surface area contributed by atoms with Crippen LogP contribution in [0.25, 0.3) is 0 Å². The summed E-state index contributed by atoms with van der Waals surface area (Å²) in [6.45, 7) is 1.33. The largest absolute Gasteiger partial charge is 0.477 e. The van der Waals surface area contributed by atoms with Gasteiger partial charge in [0.25, 0.3) is 5.89 Å². The Balaban J connectivity index is 2.06. The summed E-state index contributed by atoms with van der Waals surface area (Å²) in [5.74, 6) is 0.966. The maximum absolute atomic E-state index is 11.5. The van der Waals surface area contributed by atoms with E-state index in [4.69, 9.17) is 18.8 Å². The third-order valence-electron chi connectivity index (χ3n) is 1.93. The van der Waals surface area contributed by atoms with E-state index in [0.717, 1.165) is 12.3 Å². The van der Waals surface area contributed by atoms with Gasteiger partial charge >= 0.3 is 0 Å². The number of hydrogen-bond acceptors (Lipinski definition) is 7. The van der Waals surface area contributed by atoms with Gasteiger partial charge in [0.15, 0.2) is 12.4 Å². The molecule has 0 radical (unpaired) electrons. The molecule has 0 spiro atoms. The Morgan fingerprint density at radius 3 is 2.94 bits per heavy atom. The van der Waals surface area contributed by atoms with Crippen molar-refractivity contribution in [1.29, 1.82) is 0 Å². The lowest BCUT2D eigenvalue weighted by atomic mass is 10.4. The summed E-state index contributed by atoms with van der Waals surface area (Å²) >= 11 is 0. The van der Waals surface area contributed by atoms with Crippen LogP contribution in [0.4, 0.5) is 0 Å². The summed E-state index contributed by atoms with van der Waals surface area (Å²) in [5, 5.41) is 12.3. The Morgan fingerprint density at radius 1 is 1.53 bits per heavy atom. The van der Waals surface area contributed by atoms with Gasteiger partial charge in [-0.25, -0.2) is 0 Å². The summed E-state index contributed by atoms with van der Waals surface area (Å²) in [6, 6.07) is 1.16. The molecule has 2 heterocycles. The molecule has 0 aliphatic carbocycles. The second-order valence-electron chi connectivity index (χ2n) is 3.26. The topological polar surface area (TPSA) is 98.6 Å². The van der Waals surface area contributed by atoms with E-state index in [1.807, 2.05) is 0 Å². The zero-order valence-corrected chi connectivity index (χ0v) is 9.04. The summed E-state index contributed by atoms with van der Waals surface area (Å²) < 4.78 is 14.9. The highest BCUT2D eigenvalue weighted by Gasteiger charge is 2.07. The number of aryl methyl sites for hydroxylation is 1. The molecule has 0 atom stereocenters. The van der Waals surface area contributed by atoms with Gasteiger partial charge in [-0.1, -0.05) is 5.16 Å². The van der Waals surface area contributed by atoms with Crippen molar-refractivity contribution in [3.05, 3.63) is 40.0 Å². The molecule has 7 nitrogen and oxygen atoms in total. The fourth-order valence-corrected chi connectivity index (χ4v) is 1.16. The van der Waals surface area contributed by atoms with Crippen molar-refractivity contribution in [2.24, 2.45) is 0 Å². The lowest BCUT2D eigenvalue weighted by Gasteiger charge is -2.01. The lowest BCUT2D eigenvalue weighted by Crippen LogP contribution is -2.08. The maximum atomic E-state index is 11.5. The molecule has 0 aliphatic rings. The molecule has 0 aromatic carbocycles. The molecule has 1 N–H and O–H groups in total. The third-order valence-corrected chi connectivity index (χ3v) is 1.93. The average Bonchev–Trinajstić information content (AvgIpc) is 2.73. The minimum Gasteiger partial charge on any atom is -0.477 e. The molecule has 0 amide bonds. The van der Waals surface area contributed by atoms with Crippen LogP contribution in [0.1, 0.15) is 17.5 Å². The van der Waals surface area contributed by atoms with E-state index in [2.05, 4.69) is 10.1 Å². The van der Waals surface area contributed by atoms with Crippen molar-refractivity contribution >= 4 is 0 Å². The Bertz CT molecular complexity index is 560. The van der Waals surface area contributed by atoms with Crippen LogP contribution in [0.2, 0.25) is 0 Å². The molecule has 2 aromatic rings. The zero-order chi connectivity index (χ0) is 12.3. The van der Waals surface area contributed by atoms with E-state index in [1.165, 1.54) is 0 Å². The van der Waals surface area contributed by atoms with Crippen molar-refractivity contribution in [1.82, 2.24) is 10.1 Å². The van der Waals surface area contributed by atoms with Crippen LogP contribution in [0.15, 0.2) is 26.1 Å². The van der Waals surface area contributed by atoms with E-state index in [1.54, 1.807) is 6.92 Å². The molecule has 0 aliphatic heterocycles. The highest BCUT2D eigenvalue weighted by atomic mass is 16.5. The van der Waals surface area contributed by atoms with Gasteiger partial charge in [0.1, 0.15) is 18.6 Å². The first-order valence-corrected chi connectivity index (χ1v) is 4.83. The van der Waals surface area contributed by atoms with Gasteiger partial charge in [0, 0.05) is 6.07 Å². The molecule has 2 aromatic heterocycles. The maximum Gasteiger partial charge on any atom is 0.264 e. The molecule has 0 fully saturated rings. The molecule has 0 bridgehead atoms. The van der Waals surface area contributed by atoms with Gasteiger partial charge < -0.3 is 18.8 Å². The molecule has 7 heteroatoms. The van der Waals surface area contributed by atoms with Gasteiger partial charge in [0.2, 0.25) is 11.2 Å². The summed E-state index contributed by atoms with van der Waals surface area (Å²) in [4.78, 5) is 15.4. The Kier molecular flexibility index (Phi) is 3.20. The molecule has 17 heavy (non-hydrogen) atoms. The van der Waals surface area contributed by atoms with Crippen LogP contribution in [0.3, 0.4) is 0 Å². The smallest absolute Gasteiger partial charge is 0.264 e. The minimum absolute atomic E-state index is 0.00985. The molecule has 0 saturated carbocycles. The summed E-state index contributed by atoms with van der Waals surface area (Å²) in [5.41, 5.74) is -0.378. The molecule has 0 unspecified atom stereocenters. The van der Waals surface area contributed by atoms with E-state index in [9.17, 15) is 4.79 Å². The number of rotatable bonds is 4. The van der Waals surface area contributed by atoms with E-state index in [-0.39, 0.29) is 36.0 Å². The van der Waals surface area contributed by atoms with Gasteiger partial charge in [-0.05, 0) is 6.92 Å². The third kappa shape index (κ3) is 2.70. The SMILES string of the molecule is Cc1noc(COc2coc(CO)cc2=O)n1.